The van der Waals surface area contributed by atoms with Crippen LogP contribution in [0.4, 0.5) is 11.6 Å². The van der Waals surface area contributed by atoms with E-state index in [4.69, 9.17) is 5.73 Å². The predicted octanol–water partition coefficient (Wildman–Crippen LogP) is 1.69. The van der Waals surface area contributed by atoms with E-state index in [1.807, 2.05) is 12.3 Å². The van der Waals surface area contributed by atoms with Crippen molar-refractivity contribution in [3.63, 3.8) is 0 Å². The summed E-state index contributed by atoms with van der Waals surface area (Å²) in [4.78, 5) is 12.3. The number of hydrogen-bond donors (Lipinski definition) is 2. The normalized spacial score (nSPS) is 12.3. The van der Waals surface area contributed by atoms with Gasteiger partial charge in [-0.3, -0.25) is 0 Å². The maximum Gasteiger partial charge on any atom is 0.145 e. The maximum absolute atomic E-state index is 5.44. The summed E-state index contributed by atoms with van der Waals surface area (Å²) in [6, 6.07) is 0.128. The number of nitrogens with two attached hydrogens (primary N) is 1. The lowest BCUT2D eigenvalue weighted by Gasteiger charge is -2.10. The lowest BCUT2D eigenvalue weighted by atomic mass is 10.3. The van der Waals surface area contributed by atoms with Crippen LogP contribution < -0.4 is 11.1 Å². The fourth-order valence-corrected chi connectivity index (χ4v) is 1.79. The first-order chi connectivity index (χ1) is 7.25. The predicted molar refractivity (Wildman–Crippen MR) is 60.6 cm³/mol. The van der Waals surface area contributed by atoms with Crippen molar-refractivity contribution in [1.82, 2.24) is 15.0 Å². The van der Waals surface area contributed by atoms with E-state index in [1.54, 1.807) is 23.7 Å². The van der Waals surface area contributed by atoms with Gasteiger partial charge in [-0.05, 0) is 6.92 Å². The first kappa shape index (κ1) is 9.85. The summed E-state index contributed by atoms with van der Waals surface area (Å²) >= 11 is 1.61. The SMILES string of the molecule is CC(Nc1cnc(N)cn1)c1nccs1. The molecule has 0 amide bonds. The molecule has 0 spiro atoms. The van der Waals surface area contributed by atoms with Crippen LogP contribution in [0.1, 0.15) is 18.0 Å². The van der Waals surface area contributed by atoms with E-state index >= 15 is 0 Å². The summed E-state index contributed by atoms with van der Waals surface area (Å²) in [5.74, 6) is 1.12. The van der Waals surface area contributed by atoms with Gasteiger partial charge in [0.25, 0.3) is 0 Å². The third-order valence-electron chi connectivity index (χ3n) is 1.86. The van der Waals surface area contributed by atoms with Crippen molar-refractivity contribution in [2.45, 2.75) is 13.0 Å². The summed E-state index contributed by atoms with van der Waals surface area (Å²) in [7, 11) is 0. The molecule has 0 bridgehead atoms. The molecule has 2 rings (SSSR count). The quantitative estimate of drug-likeness (QED) is 0.824. The van der Waals surface area contributed by atoms with E-state index in [2.05, 4.69) is 20.3 Å². The molecule has 2 heterocycles. The zero-order valence-corrected chi connectivity index (χ0v) is 9.03. The molecule has 1 atom stereocenters. The Labute approximate surface area is 91.4 Å². The smallest absolute Gasteiger partial charge is 0.145 e. The highest BCUT2D eigenvalue weighted by Gasteiger charge is 2.07. The summed E-state index contributed by atoms with van der Waals surface area (Å²) < 4.78 is 0. The van der Waals surface area contributed by atoms with Gasteiger partial charge >= 0.3 is 0 Å². The monoisotopic (exact) mass is 221 g/mol. The number of aromatic nitrogens is 3. The summed E-state index contributed by atoms with van der Waals surface area (Å²) in [6.45, 7) is 2.02. The van der Waals surface area contributed by atoms with Crippen LogP contribution in [0.5, 0.6) is 0 Å². The molecule has 0 aliphatic heterocycles. The van der Waals surface area contributed by atoms with Crippen LogP contribution in [0.25, 0.3) is 0 Å². The molecule has 0 fully saturated rings. The molecule has 0 radical (unpaired) electrons. The zero-order valence-electron chi connectivity index (χ0n) is 8.21. The number of nitrogens with one attached hydrogen (secondary N) is 1. The first-order valence-corrected chi connectivity index (χ1v) is 5.37. The Bertz CT molecular complexity index is 411. The molecule has 0 aliphatic rings. The van der Waals surface area contributed by atoms with E-state index in [0.29, 0.717) is 11.6 Å². The van der Waals surface area contributed by atoms with Gasteiger partial charge in [0.1, 0.15) is 16.6 Å². The van der Waals surface area contributed by atoms with Crippen LogP contribution in [-0.2, 0) is 0 Å². The second-order valence-corrected chi connectivity index (χ2v) is 3.99. The Morgan fingerprint density at radius 3 is 2.80 bits per heavy atom. The van der Waals surface area contributed by atoms with Crippen LogP contribution in [0.15, 0.2) is 24.0 Å². The molecule has 1 unspecified atom stereocenters. The highest BCUT2D eigenvalue weighted by Crippen LogP contribution is 2.18. The average molecular weight is 221 g/mol. The van der Waals surface area contributed by atoms with E-state index in [1.165, 1.54) is 6.20 Å². The van der Waals surface area contributed by atoms with Crippen LogP contribution in [-0.4, -0.2) is 15.0 Å². The van der Waals surface area contributed by atoms with Crippen molar-refractivity contribution in [2.75, 3.05) is 11.1 Å². The summed E-state index contributed by atoms with van der Waals surface area (Å²) in [6.07, 6.45) is 4.92. The van der Waals surface area contributed by atoms with Crippen LogP contribution in [0, 0.1) is 0 Å². The number of thiazole rings is 1. The van der Waals surface area contributed by atoms with Gasteiger partial charge in [-0.1, -0.05) is 0 Å². The Morgan fingerprint density at radius 1 is 1.33 bits per heavy atom. The molecular formula is C9H11N5S. The summed E-state index contributed by atoms with van der Waals surface area (Å²) in [5.41, 5.74) is 5.44. The molecule has 5 nitrogen and oxygen atoms in total. The van der Waals surface area contributed by atoms with Crippen LogP contribution in [0.2, 0.25) is 0 Å². The molecule has 2 aromatic rings. The summed E-state index contributed by atoms with van der Waals surface area (Å²) in [5, 5.41) is 6.16. The second-order valence-electron chi connectivity index (χ2n) is 3.06. The standard InChI is InChI=1S/C9H11N5S/c1-6(9-11-2-3-15-9)14-8-5-12-7(10)4-13-8/h2-6H,1H3,(H2,10,12)(H,13,14). The molecule has 0 aromatic carbocycles. The van der Waals surface area contributed by atoms with Crippen molar-refractivity contribution in [1.29, 1.82) is 0 Å². The zero-order chi connectivity index (χ0) is 10.7. The van der Waals surface area contributed by atoms with Gasteiger partial charge in [0.15, 0.2) is 0 Å². The minimum atomic E-state index is 0.128. The van der Waals surface area contributed by atoms with Crippen LogP contribution in [0.3, 0.4) is 0 Å². The highest BCUT2D eigenvalue weighted by molar-refractivity contribution is 7.09. The molecule has 2 aromatic heterocycles. The van der Waals surface area contributed by atoms with Gasteiger partial charge in [0.2, 0.25) is 0 Å². The van der Waals surface area contributed by atoms with E-state index < -0.39 is 0 Å². The van der Waals surface area contributed by atoms with Gasteiger partial charge in [-0.15, -0.1) is 11.3 Å². The van der Waals surface area contributed by atoms with Gasteiger partial charge in [-0.25, -0.2) is 15.0 Å². The third kappa shape index (κ3) is 2.41. The lowest BCUT2D eigenvalue weighted by molar-refractivity contribution is 0.858. The molecular weight excluding hydrogens is 210 g/mol. The van der Waals surface area contributed by atoms with Crippen molar-refractivity contribution in [3.8, 4) is 0 Å². The minimum absolute atomic E-state index is 0.128. The van der Waals surface area contributed by atoms with Gasteiger partial charge in [0.05, 0.1) is 18.4 Å². The average Bonchev–Trinajstić information content (AvgIpc) is 2.74. The molecule has 6 heteroatoms. The van der Waals surface area contributed by atoms with Crippen molar-refractivity contribution < 1.29 is 0 Å². The van der Waals surface area contributed by atoms with E-state index in [-0.39, 0.29) is 6.04 Å². The van der Waals surface area contributed by atoms with E-state index in [0.717, 1.165) is 5.01 Å². The highest BCUT2D eigenvalue weighted by atomic mass is 32.1. The number of hydrogen-bond acceptors (Lipinski definition) is 6. The Kier molecular flexibility index (Phi) is 2.77. The largest absolute Gasteiger partial charge is 0.382 e. The Hall–Kier alpha value is -1.69. The lowest BCUT2D eigenvalue weighted by Crippen LogP contribution is -2.08. The van der Waals surface area contributed by atoms with Crippen LogP contribution >= 0.6 is 11.3 Å². The Balaban J connectivity index is 2.06. The van der Waals surface area contributed by atoms with Gasteiger partial charge in [-0.2, -0.15) is 0 Å². The van der Waals surface area contributed by atoms with Crippen molar-refractivity contribution in [3.05, 3.63) is 29.0 Å². The number of anilines is 2. The fourth-order valence-electron chi connectivity index (χ4n) is 1.14. The van der Waals surface area contributed by atoms with E-state index in [9.17, 15) is 0 Å². The van der Waals surface area contributed by atoms with Gasteiger partial charge in [0, 0.05) is 11.6 Å². The van der Waals surface area contributed by atoms with Crippen molar-refractivity contribution >= 4 is 23.0 Å². The van der Waals surface area contributed by atoms with Crippen molar-refractivity contribution in [2.24, 2.45) is 0 Å². The third-order valence-corrected chi connectivity index (χ3v) is 2.82. The Morgan fingerprint density at radius 2 is 2.20 bits per heavy atom. The number of nitrogen functional groups attached to an aromatic ring is 1. The number of rotatable bonds is 3. The molecule has 15 heavy (non-hydrogen) atoms. The maximum atomic E-state index is 5.44. The minimum Gasteiger partial charge on any atom is -0.382 e. The molecule has 78 valence electrons. The molecule has 0 saturated carbocycles. The molecule has 0 aliphatic carbocycles. The topological polar surface area (TPSA) is 76.7 Å². The fraction of sp³-hybridized carbons (Fsp3) is 0.222. The second kappa shape index (κ2) is 4.22. The first-order valence-electron chi connectivity index (χ1n) is 4.49. The molecule has 0 saturated heterocycles. The molecule has 3 N–H and O–H groups in total. The number of nitrogens with zero attached hydrogens (tertiary/aromatic N) is 3. The van der Waals surface area contributed by atoms with Gasteiger partial charge < -0.3 is 11.1 Å².